The van der Waals surface area contributed by atoms with Crippen LogP contribution in [0, 0.1) is 11.3 Å². The van der Waals surface area contributed by atoms with Gasteiger partial charge in [-0.2, -0.15) is 23.5 Å². The number of amides is 1. The highest BCUT2D eigenvalue weighted by molar-refractivity contribution is 5.88. The van der Waals surface area contributed by atoms with Crippen molar-refractivity contribution in [2.45, 2.75) is 70.2 Å². The minimum atomic E-state index is -5.13. The minimum Gasteiger partial charge on any atom is -0.488 e. The normalized spacial score (nSPS) is 15.1. The number of carbonyl (C=O) groups excluding carboxylic acids is 2. The van der Waals surface area contributed by atoms with Crippen LogP contribution in [0.25, 0.3) is 16.6 Å². The van der Waals surface area contributed by atoms with Crippen LogP contribution >= 0.6 is 0 Å². The molecule has 0 unspecified atom stereocenters. The quantitative estimate of drug-likeness (QED) is 0.217. The number of alkyl halides is 3. The number of benzene rings is 1. The van der Waals surface area contributed by atoms with E-state index in [2.05, 4.69) is 33.0 Å². The van der Waals surface area contributed by atoms with Gasteiger partial charge in [-0.1, -0.05) is 30.3 Å². The van der Waals surface area contributed by atoms with E-state index in [1.165, 1.54) is 30.8 Å². The first-order valence-electron chi connectivity index (χ1n) is 15.5. The molecule has 0 spiro atoms. The summed E-state index contributed by atoms with van der Waals surface area (Å²) in [5.74, 6) is -1.34. The number of fused-ring (bicyclic) bond motifs is 1. The Morgan fingerprint density at radius 1 is 1.04 bits per heavy atom. The van der Waals surface area contributed by atoms with Gasteiger partial charge < -0.3 is 19.7 Å². The van der Waals surface area contributed by atoms with Crippen LogP contribution in [0.1, 0.15) is 58.6 Å². The third-order valence-corrected chi connectivity index (χ3v) is 8.62. The Hall–Kier alpha value is -5.12. The summed E-state index contributed by atoms with van der Waals surface area (Å²) in [5, 5.41) is 17.3. The van der Waals surface area contributed by atoms with Crippen molar-refractivity contribution in [1.82, 2.24) is 19.9 Å². The smallest absolute Gasteiger partial charge is 0.488 e. The van der Waals surface area contributed by atoms with E-state index in [1.807, 2.05) is 56.3 Å². The summed E-state index contributed by atoms with van der Waals surface area (Å²) in [4.78, 5) is 31.6. The molecule has 4 heterocycles. The molecule has 3 aromatic heterocycles. The van der Waals surface area contributed by atoms with Crippen molar-refractivity contribution in [3.05, 3.63) is 78.2 Å². The SMILES string of the molecule is CC1(NC(=O)C(C)(C)c2ccccc2)CCN(c2ccc(-c3cc(OCC(C)(C)OC(=O)C(F)(F)F)cn4ncc(C#N)c34)cn2)CC1. The molecule has 4 aromatic rings. The van der Waals surface area contributed by atoms with Crippen molar-refractivity contribution >= 4 is 23.2 Å². The molecule has 1 saturated heterocycles. The Balaban J connectivity index is 1.29. The van der Waals surface area contributed by atoms with Crippen molar-refractivity contribution in [3.8, 4) is 22.9 Å². The second-order valence-corrected chi connectivity index (χ2v) is 13.4. The fourth-order valence-corrected chi connectivity index (χ4v) is 5.58. The number of hydrogen-bond donors (Lipinski definition) is 1. The topological polar surface area (TPSA) is 122 Å². The number of nitrogens with one attached hydrogen (secondary N) is 1. The molecular formula is C35H37F3N6O4. The summed E-state index contributed by atoms with van der Waals surface area (Å²) in [6.45, 7) is 9.53. The second-order valence-electron chi connectivity index (χ2n) is 13.4. The number of nitriles is 1. The van der Waals surface area contributed by atoms with Crippen LogP contribution in [0.15, 0.2) is 67.1 Å². The van der Waals surface area contributed by atoms with Gasteiger partial charge in [-0.15, -0.1) is 0 Å². The molecule has 1 N–H and O–H groups in total. The van der Waals surface area contributed by atoms with Gasteiger partial charge in [0.25, 0.3) is 0 Å². The highest BCUT2D eigenvalue weighted by Crippen LogP contribution is 2.33. The summed E-state index contributed by atoms with van der Waals surface area (Å²) >= 11 is 0. The number of halogens is 3. The number of anilines is 1. The summed E-state index contributed by atoms with van der Waals surface area (Å²) in [7, 11) is 0. The first-order chi connectivity index (χ1) is 22.5. The molecular weight excluding hydrogens is 625 g/mol. The van der Waals surface area contributed by atoms with Gasteiger partial charge in [0.05, 0.1) is 28.9 Å². The second kappa shape index (κ2) is 12.8. The summed E-state index contributed by atoms with van der Waals surface area (Å²) in [5.41, 5.74) is 0.364. The maximum Gasteiger partial charge on any atom is 0.490 e. The predicted octanol–water partition coefficient (Wildman–Crippen LogP) is 5.98. The van der Waals surface area contributed by atoms with Gasteiger partial charge >= 0.3 is 12.1 Å². The number of ether oxygens (including phenoxy) is 2. The van der Waals surface area contributed by atoms with Crippen LogP contribution in [-0.4, -0.2) is 63.5 Å². The van der Waals surface area contributed by atoms with Crippen LogP contribution in [0.2, 0.25) is 0 Å². The Bertz CT molecular complexity index is 1840. The van der Waals surface area contributed by atoms with Crippen molar-refractivity contribution in [2.75, 3.05) is 24.6 Å². The lowest BCUT2D eigenvalue weighted by Gasteiger charge is -2.42. The monoisotopic (exact) mass is 662 g/mol. The van der Waals surface area contributed by atoms with Crippen LogP contribution < -0.4 is 15.0 Å². The third kappa shape index (κ3) is 7.38. The third-order valence-electron chi connectivity index (χ3n) is 8.62. The molecule has 0 aliphatic carbocycles. The van der Waals surface area contributed by atoms with E-state index in [0.717, 1.165) is 24.2 Å². The van der Waals surface area contributed by atoms with E-state index in [1.54, 1.807) is 12.3 Å². The van der Waals surface area contributed by atoms with Crippen LogP contribution in [0.3, 0.4) is 0 Å². The summed E-state index contributed by atoms with van der Waals surface area (Å²) in [6.07, 6.45) is 0.897. The molecule has 252 valence electrons. The Morgan fingerprint density at radius 2 is 1.73 bits per heavy atom. The Morgan fingerprint density at radius 3 is 2.33 bits per heavy atom. The standard InChI is InChI=1S/C35H37F3N6O4/c1-32(2,48-31(46)35(36,37)38)22-47-26-17-27(29-24(18-39)20-41-44(29)21-26)23-11-12-28(40-19-23)43-15-13-34(5,14-16-43)42-30(45)33(3,4)25-9-7-6-8-10-25/h6-12,17,19-21H,13-16,22H2,1-5H3,(H,42,45). The minimum absolute atomic E-state index is 0.0212. The fraction of sp³-hybridized carbons (Fsp3) is 0.400. The van der Waals surface area contributed by atoms with Crippen molar-refractivity contribution in [1.29, 1.82) is 5.26 Å². The number of piperidine rings is 1. The van der Waals surface area contributed by atoms with Crippen LogP contribution in [0.4, 0.5) is 19.0 Å². The van der Waals surface area contributed by atoms with E-state index < -0.39 is 23.2 Å². The van der Waals surface area contributed by atoms with Crippen molar-refractivity contribution in [2.24, 2.45) is 0 Å². The molecule has 0 atom stereocenters. The molecule has 1 amide bonds. The van der Waals surface area contributed by atoms with Gasteiger partial charge in [-0.25, -0.2) is 14.3 Å². The molecule has 10 nitrogen and oxygen atoms in total. The van der Waals surface area contributed by atoms with Crippen LogP contribution in [0.5, 0.6) is 5.75 Å². The number of aromatic nitrogens is 3. The average Bonchev–Trinajstić information content (AvgIpc) is 3.47. The zero-order valence-electron chi connectivity index (χ0n) is 27.4. The molecule has 0 radical (unpaired) electrons. The number of pyridine rings is 2. The largest absolute Gasteiger partial charge is 0.490 e. The summed E-state index contributed by atoms with van der Waals surface area (Å²) in [6, 6.07) is 17.2. The van der Waals surface area contributed by atoms with E-state index >= 15 is 0 Å². The van der Waals surface area contributed by atoms with Gasteiger partial charge in [0.15, 0.2) is 0 Å². The fourth-order valence-electron chi connectivity index (χ4n) is 5.58. The van der Waals surface area contributed by atoms with Gasteiger partial charge in [-0.05, 0) is 71.2 Å². The predicted molar refractivity (Wildman–Crippen MR) is 172 cm³/mol. The Labute approximate surface area is 276 Å². The average molecular weight is 663 g/mol. The number of esters is 1. The van der Waals surface area contributed by atoms with Crippen molar-refractivity contribution in [3.63, 3.8) is 0 Å². The molecule has 5 rings (SSSR count). The highest BCUT2D eigenvalue weighted by Gasteiger charge is 2.44. The molecule has 0 saturated carbocycles. The number of hydrogen-bond acceptors (Lipinski definition) is 8. The molecule has 0 bridgehead atoms. The van der Waals surface area contributed by atoms with Gasteiger partial charge in [0.2, 0.25) is 5.91 Å². The molecule has 1 aliphatic rings. The molecule has 48 heavy (non-hydrogen) atoms. The van der Waals surface area contributed by atoms with E-state index in [-0.39, 0.29) is 23.8 Å². The highest BCUT2D eigenvalue weighted by atomic mass is 19.4. The number of rotatable bonds is 9. The van der Waals surface area contributed by atoms with Crippen molar-refractivity contribution < 1.29 is 32.2 Å². The lowest BCUT2D eigenvalue weighted by atomic mass is 9.81. The lowest BCUT2D eigenvalue weighted by Crippen LogP contribution is -2.57. The first-order valence-corrected chi connectivity index (χ1v) is 15.5. The van der Waals surface area contributed by atoms with Gasteiger partial charge in [0, 0.05) is 36.0 Å². The maximum absolute atomic E-state index is 13.3. The molecule has 1 fully saturated rings. The number of nitrogens with zero attached hydrogens (tertiary/aromatic N) is 5. The molecule has 1 aromatic carbocycles. The number of carbonyl (C=O) groups is 2. The van der Waals surface area contributed by atoms with E-state index in [9.17, 15) is 28.0 Å². The van der Waals surface area contributed by atoms with Crippen LogP contribution in [-0.2, 0) is 19.7 Å². The first kappa shape index (κ1) is 34.2. The van der Waals surface area contributed by atoms with Gasteiger partial charge in [-0.3, -0.25) is 4.79 Å². The maximum atomic E-state index is 13.3. The molecule has 1 aliphatic heterocycles. The lowest BCUT2D eigenvalue weighted by molar-refractivity contribution is -0.213. The zero-order valence-corrected chi connectivity index (χ0v) is 27.4. The van der Waals surface area contributed by atoms with E-state index in [0.29, 0.717) is 35.3 Å². The Kier molecular flexibility index (Phi) is 9.14. The van der Waals surface area contributed by atoms with E-state index in [4.69, 9.17) is 9.72 Å². The zero-order chi connectivity index (χ0) is 34.9. The summed E-state index contributed by atoms with van der Waals surface area (Å²) < 4.78 is 50.0. The molecule has 13 heteroatoms. The van der Waals surface area contributed by atoms with Gasteiger partial charge in [0.1, 0.15) is 29.8 Å².